The van der Waals surface area contributed by atoms with Crippen molar-refractivity contribution in [3.05, 3.63) is 35.4 Å². The quantitative estimate of drug-likeness (QED) is 0.739. The Morgan fingerprint density at radius 1 is 1.54 bits per heavy atom. The van der Waals surface area contributed by atoms with Crippen molar-refractivity contribution in [2.75, 3.05) is 13.2 Å². The summed E-state index contributed by atoms with van der Waals surface area (Å²) in [6.45, 7) is 3.94. The highest BCUT2D eigenvalue weighted by Gasteiger charge is 2.14. The first-order valence-electron chi connectivity index (χ1n) is 4.75. The van der Waals surface area contributed by atoms with Gasteiger partial charge in [0.1, 0.15) is 6.23 Å². The minimum atomic E-state index is 0.224. The lowest BCUT2D eigenvalue weighted by Gasteiger charge is -2.09. The van der Waals surface area contributed by atoms with Crippen LogP contribution in [-0.4, -0.2) is 19.4 Å². The predicted molar refractivity (Wildman–Crippen MR) is 52.6 cm³/mol. The van der Waals surface area contributed by atoms with E-state index < -0.39 is 0 Å². The number of benzene rings is 1. The summed E-state index contributed by atoms with van der Waals surface area (Å²) < 4.78 is 5.49. The second kappa shape index (κ2) is 3.90. The zero-order chi connectivity index (χ0) is 9.10. The number of hydrogen-bond donors (Lipinski definition) is 1. The van der Waals surface area contributed by atoms with Crippen molar-refractivity contribution in [1.29, 1.82) is 0 Å². The number of hydrogen-bond acceptors (Lipinski definition) is 2. The number of aryl methyl sites for hydroxylation is 1. The van der Waals surface area contributed by atoms with Gasteiger partial charge in [0.25, 0.3) is 0 Å². The van der Waals surface area contributed by atoms with E-state index in [0.717, 1.165) is 19.6 Å². The second-order valence-electron chi connectivity index (χ2n) is 3.51. The molecule has 0 amide bonds. The molecule has 1 unspecified atom stereocenters. The van der Waals surface area contributed by atoms with Gasteiger partial charge >= 0.3 is 0 Å². The SMILES string of the molecule is Cc1cccc(CC2NCCO2)c1. The van der Waals surface area contributed by atoms with Crippen molar-refractivity contribution in [2.24, 2.45) is 0 Å². The molecule has 1 aliphatic heterocycles. The third kappa shape index (κ3) is 2.29. The summed E-state index contributed by atoms with van der Waals surface area (Å²) in [7, 11) is 0. The Hall–Kier alpha value is -0.860. The molecule has 70 valence electrons. The van der Waals surface area contributed by atoms with Crippen LogP contribution in [0, 0.1) is 6.92 Å². The molecule has 1 aromatic rings. The monoisotopic (exact) mass is 177 g/mol. The van der Waals surface area contributed by atoms with Crippen molar-refractivity contribution in [1.82, 2.24) is 5.32 Å². The van der Waals surface area contributed by atoms with Crippen LogP contribution in [0.2, 0.25) is 0 Å². The van der Waals surface area contributed by atoms with Gasteiger partial charge in [-0.25, -0.2) is 0 Å². The van der Waals surface area contributed by atoms with E-state index in [4.69, 9.17) is 4.74 Å². The molecule has 1 saturated heterocycles. The lowest BCUT2D eigenvalue weighted by molar-refractivity contribution is 0.102. The maximum absolute atomic E-state index is 5.49. The van der Waals surface area contributed by atoms with Crippen LogP contribution in [0.5, 0.6) is 0 Å². The van der Waals surface area contributed by atoms with Crippen LogP contribution < -0.4 is 5.32 Å². The predicted octanol–water partition coefficient (Wildman–Crippen LogP) is 1.48. The third-order valence-corrected chi connectivity index (χ3v) is 2.30. The molecule has 1 aliphatic rings. The summed E-state index contributed by atoms with van der Waals surface area (Å²) in [5.74, 6) is 0. The Kier molecular flexibility index (Phi) is 2.62. The maximum Gasteiger partial charge on any atom is 0.112 e. The summed E-state index contributed by atoms with van der Waals surface area (Å²) >= 11 is 0. The Balaban J connectivity index is 2.00. The first-order chi connectivity index (χ1) is 6.34. The van der Waals surface area contributed by atoms with E-state index >= 15 is 0 Å². The van der Waals surface area contributed by atoms with E-state index in [1.54, 1.807) is 0 Å². The highest BCUT2D eigenvalue weighted by atomic mass is 16.5. The highest BCUT2D eigenvalue weighted by molar-refractivity contribution is 5.22. The summed E-state index contributed by atoms with van der Waals surface area (Å²) in [5.41, 5.74) is 2.66. The fourth-order valence-corrected chi connectivity index (χ4v) is 1.66. The van der Waals surface area contributed by atoms with Crippen molar-refractivity contribution < 1.29 is 4.74 Å². The maximum atomic E-state index is 5.49. The van der Waals surface area contributed by atoms with Crippen molar-refractivity contribution in [3.63, 3.8) is 0 Å². The molecule has 2 rings (SSSR count). The molecule has 0 aromatic heterocycles. The molecule has 1 heterocycles. The minimum Gasteiger partial charge on any atom is -0.362 e. The van der Waals surface area contributed by atoms with Crippen LogP contribution in [0.1, 0.15) is 11.1 Å². The van der Waals surface area contributed by atoms with Crippen LogP contribution in [0.3, 0.4) is 0 Å². The van der Waals surface area contributed by atoms with Gasteiger partial charge in [0, 0.05) is 13.0 Å². The van der Waals surface area contributed by atoms with E-state index in [0.29, 0.717) is 0 Å². The molecule has 13 heavy (non-hydrogen) atoms. The number of rotatable bonds is 2. The van der Waals surface area contributed by atoms with Crippen LogP contribution in [0.15, 0.2) is 24.3 Å². The molecule has 0 bridgehead atoms. The topological polar surface area (TPSA) is 21.3 Å². The highest BCUT2D eigenvalue weighted by Crippen LogP contribution is 2.09. The zero-order valence-corrected chi connectivity index (χ0v) is 7.92. The third-order valence-electron chi connectivity index (χ3n) is 2.30. The summed E-state index contributed by atoms with van der Waals surface area (Å²) in [6.07, 6.45) is 1.20. The van der Waals surface area contributed by atoms with E-state index in [2.05, 4.69) is 36.5 Å². The molecular weight excluding hydrogens is 162 g/mol. The molecule has 1 N–H and O–H groups in total. The smallest absolute Gasteiger partial charge is 0.112 e. The molecule has 0 radical (unpaired) electrons. The Morgan fingerprint density at radius 2 is 2.46 bits per heavy atom. The van der Waals surface area contributed by atoms with Crippen molar-refractivity contribution in [3.8, 4) is 0 Å². The average Bonchev–Trinajstić information content (AvgIpc) is 2.57. The molecule has 0 aliphatic carbocycles. The van der Waals surface area contributed by atoms with Gasteiger partial charge in [0.2, 0.25) is 0 Å². The normalized spacial score (nSPS) is 22.1. The lowest BCUT2D eigenvalue weighted by Crippen LogP contribution is -2.24. The molecule has 1 aromatic carbocycles. The Labute approximate surface area is 78.9 Å². The average molecular weight is 177 g/mol. The van der Waals surface area contributed by atoms with Crippen LogP contribution in [0.25, 0.3) is 0 Å². The molecule has 2 heteroatoms. The van der Waals surface area contributed by atoms with Crippen molar-refractivity contribution in [2.45, 2.75) is 19.6 Å². The van der Waals surface area contributed by atoms with Crippen LogP contribution in [-0.2, 0) is 11.2 Å². The Bertz CT molecular complexity index is 279. The van der Waals surface area contributed by atoms with Crippen molar-refractivity contribution >= 4 is 0 Å². The van der Waals surface area contributed by atoms with E-state index in [1.165, 1.54) is 11.1 Å². The van der Waals surface area contributed by atoms with Gasteiger partial charge in [-0.15, -0.1) is 0 Å². The van der Waals surface area contributed by atoms with E-state index in [1.807, 2.05) is 0 Å². The minimum absolute atomic E-state index is 0.224. The standard InChI is InChI=1S/C11H15NO/c1-9-3-2-4-10(7-9)8-11-12-5-6-13-11/h2-4,7,11-12H,5-6,8H2,1H3. The molecule has 1 fully saturated rings. The van der Waals surface area contributed by atoms with Gasteiger partial charge in [0.15, 0.2) is 0 Å². The van der Waals surface area contributed by atoms with Gasteiger partial charge in [-0.2, -0.15) is 0 Å². The van der Waals surface area contributed by atoms with Gasteiger partial charge in [0.05, 0.1) is 6.61 Å². The fourth-order valence-electron chi connectivity index (χ4n) is 1.66. The number of nitrogens with one attached hydrogen (secondary N) is 1. The zero-order valence-electron chi connectivity index (χ0n) is 7.92. The Morgan fingerprint density at radius 3 is 3.15 bits per heavy atom. The van der Waals surface area contributed by atoms with Crippen LogP contribution in [0.4, 0.5) is 0 Å². The molecule has 0 spiro atoms. The summed E-state index contributed by atoms with van der Waals surface area (Å²) in [5, 5.41) is 3.30. The largest absolute Gasteiger partial charge is 0.362 e. The lowest BCUT2D eigenvalue weighted by atomic mass is 10.1. The first-order valence-corrected chi connectivity index (χ1v) is 4.75. The first kappa shape index (κ1) is 8.73. The molecule has 1 atom stereocenters. The van der Waals surface area contributed by atoms with E-state index in [9.17, 15) is 0 Å². The van der Waals surface area contributed by atoms with E-state index in [-0.39, 0.29) is 6.23 Å². The molecule has 0 saturated carbocycles. The van der Waals surface area contributed by atoms with Gasteiger partial charge in [-0.1, -0.05) is 29.8 Å². The second-order valence-corrected chi connectivity index (χ2v) is 3.51. The van der Waals surface area contributed by atoms with Gasteiger partial charge < -0.3 is 4.74 Å². The molecule has 2 nitrogen and oxygen atoms in total. The number of ether oxygens (including phenoxy) is 1. The fraction of sp³-hybridized carbons (Fsp3) is 0.455. The summed E-state index contributed by atoms with van der Waals surface area (Å²) in [6, 6.07) is 8.58. The van der Waals surface area contributed by atoms with Crippen LogP contribution >= 0.6 is 0 Å². The van der Waals surface area contributed by atoms with Gasteiger partial charge in [-0.3, -0.25) is 5.32 Å². The van der Waals surface area contributed by atoms with Gasteiger partial charge in [-0.05, 0) is 12.5 Å². The summed E-state index contributed by atoms with van der Waals surface area (Å²) in [4.78, 5) is 0. The molecular formula is C11H15NO.